The van der Waals surface area contributed by atoms with Crippen LogP contribution in [0.1, 0.15) is 48.4 Å². The number of nitrogens with one attached hydrogen (secondary N) is 1. The fraction of sp³-hybridized carbons (Fsp3) is 0.471. The van der Waals surface area contributed by atoms with Crippen LogP contribution in [0.15, 0.2) is 22.7 Å². The largest absolute Gasteiger partial charge is 0.309 e. The molecule has 2 aromatic rings. The summed E-state index contributed by atoms with van der Waals surface area (Å²) in [4.78, 5) is 6.43. The molecule has 0 radical (unpaired) electrons. The van der Waals surface area contributed by atoms with E-state index < -0.39 is 0 Å². The van der Waals surface area contributed by atoms with E-state index in [1.807, 2.05) is 11.3 Å². The molecule has 0 aliphatic heterocycles. The van der Waals surface area contributed by atoms with Crippen LogP contribution in [0.4, 0.5) is 0 Å². The lowest BCUT2D eigenvalue weighted by Crippen LogP contribution is -2.25. The Kier molecular flexibility index (Phi) is 4.77. The van der Waals surface area contributed by atoms with Crippen LogP contribution in [-0.2, 0) is 6.42 Å². The minimum atomic E-state index is 0.451. The number of aromatic nitrogens is 1. The van der Waals surface area contributed by atoms with Gasteiger partial charge in [0, 0.05) is 14.9 Å². The van der Waals surface area contributed by atoms with Crippen molar-refractivity contribution >= 4 is 27.3 Å². The second-order valence-electron chi connectivity index (χ2n) is 5.69. The predicted molar refractivity (Wildman–Crippen MR) is 94.0 cm³/mol. The third-order valence-corrected chi connectivity index (χ3v) is 6.05. The molecule has 1 unspecified atom stereocenters. The van der Waals surface area contributed by atoms with E-state index in [0.717, 1.165) is 16.0 Å². The Morgan fingerprint density at radius 3 is 3.05 bits per heavy atom. The fourth-order valence-electron chi connectivity index (χ4n) is 2.79. The molecule has 0 saturated carbocycles. The maximum absolute atomic E-state index is 4.96. The van der Waals surface area contributed by atoms with E-state index in [1.54, 1.807) is 0 Å². The quantitative estimate of drug-likeness (QED) is 0.800. The molecule has 2 nitrogen and oxygen atoms in total. The topological polar surface area (TPSA) is 24.9 Å². The first-order chi connectivity index (χ1) is 10.2. The van der Waals surface area contributed by atoms with Gasteiger partial charge in [0.2, 0.25) is 0 Å². The average molecular weight is 365 g/mol. The highest BCUT2D eigenvalue weighted by molar-refractivity contribution is 9.10. The third kappa shape index (κ3) is 3.22. The van der Waals surface area contributed by atoms with Crippen molar-refractivity contribution in [2.24, 2.45) is 0 Å². The van der Waals surface area contributed by atoms with Crippen molar-refractivity contribution in [1.29, 1.82) is 0 Å². The van der Waals surface area contributed by atoms with Gasteiger partial charge in [0.1, 0.15) is 5.01 Å². The van der Waals surface area contributed by atoms with Crippen LogP contribution in [0, 0.1) is 6.92 Å². The summed E-state index contributed by atoms with van der Waals surface area (Å²) >= 11 is 5.49. The van der Waals surface area contributed by atoms with Gasteiger partial charge in [0.15, 0.2) is 0 Å². The zero-order valence-electron chi connectivity index (χ0n) is 12.6. The van der Waals surface area contributed by atoms with Gasteiger partial charge in [0.25, 0.3) is 0 Å². The summed E-state index contributed by atoms with van der Waals surface area (Å²) in [6, 6.07) is 6.98. The smallest absolute Gasteiger partial charge is 0.123 e. The van der Waals surface area contributed by atoms with Crippen LogP contribution in [0.2, 0.25) is 0 Å². The van der Waals surface area contributed by atoms with Gasteiger partial charge in [-0.25, -0.2) is 4.98 Å². The molecule has 0 fully saturated rings. The van der Waals surface area contributed by atoms with E-state index in [0.29, 0.717) is 6.04 Å². The number of rotatable bonds is 4. The number of aryl methyl sites for hydroxylation is 2. The maximum Gasteiger partial charge on any atom is 0.123 e. The van der Waals surface area contributed by atoms with Crippen molar-refractivity contribution in [2.45, 2.75) is 45.6 Å². The highest BCUT2D eigenvalue weighted by Crippen LogP contribution is 2.37. The van der Waals surface area contributed by atoms with Gasteiger partial charge in [-0.3, -0.25) is 0 Å². The minimum Gasteiger partial charge on any atom is -0.309 e. The minimum absolute atomic E-state index is 0.451. The van der Waals surface area contributed by atoms with Gasteiger partial charge < -0.3 is 5.32 Å². The number of nitrogens with zero attached hydrogens (tertiary/aromatic N) is 1. The summed E-state index contributed by atoms with van der Waals surface area (Å²) in [5, 5.41) is 4.81. The summed E-state index contributed by atoms with van der Waals surface area (Å²) in [6.07, 6.45) is 4.85. The van der Waals surface area contributed by atoms with Crippen LogP contribution < -0.4 is 5.32 Å². The zero-order chi connectivity index (χ0) is 14.8. The molecule has 1 atom stereocenters. The maximum atomic E-state index is 4.96. The highest BCUT2D eigenvalue weighted by atomic mass is 79.9. The summed E-state index contributed by atoms with van der Waals surface area (Å²) in [6.45, 7) is 5.41. The Labute approximate surface area is 139 Å². The monoisotopic (exact) mass is 364 g/mol. The lowest BCUT2D eigenvalue weighted by molar-refractivity contribution is 0.454. The molecule has 3 rings (SSSR count). The fourth-order valence-corrected chi connectivity index (χ4v) is 4.32. The Bertz CT molecular complexity index is 636. The first kappa shape index (κ1) is 15.2. The van der Waals surface area contributed by atoms with Gasteiger partial charge in [0.05, 0.1) is 11.7 Å². The predicted octanol–water partition coefficient (Wildman–Crippen LogP) is 5.26. The second-order valence-corrected chi connectivity index (χ2v) is 7.63. The molecule has 1 N–H and O–H groups in total. The van der Waals surface area contributed by atoms with Crippen molar-refractivity contribution in [2.75, 3.05) is 6.54 Å². The highest BCUT2D eigenvalue weighted by Gasteiger charge is 2.24. The van der Waals surface area contributed by atoms with E-state index in [1.165, 1.54) is 47.4 Å². The van der Waals surface area contributed by atoms with Crippen LogP contribution in [-0.4, -0.2) is 11.5 Å². The summed E-state index contributed by atoms with van der Waals surface area (Å²) in [7, 11) is 0. The van der Waals surface area contributed by atoms with Crippen molar-refractivity contribution in [1.82, 2.24) is 10.3 Å². The molecular formula is C17H21BrN2S. The molecule has 0 spiro atoms. The van der Waals surface area contributed by atoms with Crippen LogP contribution >= 0.6 is 27.3 Å². The van der Waals surface area contributed by atoms with E-state index in [4.69, 9.17) is 4.98 Å². The van der Waals surface area contributed by atoms with Crippen LogP contribution in [0.3, 0.4) is 0 Å². The van der Waals surface area contributed by atoms with Crippen LogP contribution in [0.5, 0.6) is 0 Å². The van der Waals surface area contributed by atoms with Gasteiger partial charge in [-0.2, -0.15) is 0 Å². The van der Waals surface area contributed by atoms with E-state index in [2.05, 4.69) is 53.3 Å². The third-order valence-electron chi connectivity index (χ3n) is 4.01. The summed E-state index contributed by atoms with van der Waals surface area (Å²) in [5.41, 5.74) is 3.79. The van der Waals surface area contributed by atoms with E-state index >= 15 is 0 Å². The number of hydrogen-bond acceptors (Lipinski definition) is 3. The molecule has 21 heavy (non-hydrogen) atoms. The lowest BCUT2D eigenvalue weighted by atomic mass is 9.97. The number of halogens is 1. The molecule has 1 heterocycles. The Hall–Kier alpha value is -0.710. The molecule has 0 saturated heterocycles. The molecule has 0 bridgehead atoms. The zero-order valence-corrected chi connectivity index (χ0v) is 15.0. The molecular weight excluding hydrogens is 344 g/mol. The number of thiazole rings is 1. The Balaban J connectivity index is 1.91. The van der Waals surface area contributed by atoms with Crippen molar-refractivity contribution in [3.63, 3.8) is 0 Å². The molecule has 112 valence electrons. The SMILES string of the molecule is CCCNC1CCCc2sc(-c3ccc(C)c(Br)c3)nc21. The van der Waals surface area contributed by atoms with Gasteiger partial charge in [-0.1, -0.05) is 35.0 Å². The van der Waals surface area contributed by atoms with Crippen molar-refractivity contribution in [3.8, 4) is 10.6 Å². The second kappa shape index (κ2) is 6.59. The Morgan fingerprint density at radius 2 is 2.29 bits per heavy atom. The molecule has 4 heteroatoms. The normalized spacial score (nSPS) is 17.8. The number of hydrogen-bond donors (Lipinski definition) is 1. The van der Waals surface area contributed by atoms with Gasteiger partial charge in [-0.15, -0.1) is 11.3 Å². The van der Waals surface area contributed by atoms with E-state index in [-0.39, 0.29) is 0 Å². The van der Waals surface area contributed by atoms with Gasteiger partial charge in [-0.05, 0) is 50.8 Å². The van der Waals surface area contributed by atoms with Gasteiger partial charge >= 0.3 is 0 Å². The molecule has 1 aromatic heterocycles. The van der Waals surface area contributed by atoms with Crippen molar-refractivity contribution in [3.05, 3.63) is 38.8 Å². The van der Waals surface area contributed by atoms with Crippen LogP contribution in [0.25, 0.3) is 10.6 Å². The first-order valence-corrected chi connectivity index (χ1v) is 9.29. The number of benzene rings is 1. The van der Waals surface area contributed by atoms with E-state index in [9.17, 15) is 0 Å². The standard InChI is InChI=1S/C17H21BrN2S/c1-3-9-19-14-5-4-6-15-16(14)20-17(21-15)12-8-7-11(2)13(18)10-12/h7-8,10,14,19H,3-6,9H2,1-2H3. The summed E-state index contributed by atoms with van der Waals surface area (Å²) in [5.74, 6) is 0. The molecule has 1 aromatic carbocycles. The number of fused-ring (bicyclic) bond motifs is 1. The van der Waals surface area contributed by atoms with Crippen molar-refractivity contribution < 1.29 is 0 Å². The average Bonchev–Trinajstić information content (AvgIpc) is 2.92. The Morgan fingerprint density at radius 1 is 1.43 bits per heavy atom. The lowest BCUT2D eigenvalue weighted by Gasteiger charge is -2.22. The molecule has 0 amide bonds. The summed E-state index contributed by atoms with van der Waals surface area (Å²) < 4.78 is 1.16. The first-order valence-electron chi connectivity index (χ1n) is 7.68. The molecule has 1 aliphatic carbocycles. The molecule has 1 aliphatic rings.